The molecule has 0 amide bonds. The van der Waals surface area contributed by atoms with Crippen molar-refractivity contribution in [2.24, 2.45) is 5.92 Å². The Morgan fingerprint density at radius 3 is 2.69 bits per heavy atom. The third kappa shape index (κ3) is 3.51. The molecule has 2 unspecified atom stereocenters. The molecular formula is C22H25F2N3O5. The van der Waals surface area contributed by atoms with Crippen LogP contribution in [0.3, 0.4) is 0 Å². The van der Waals surface area contributed by atoms with Crippen molar-refractivity contribution in [1.29, 1.82) is 0 Å². The zero-order chi connectivity index (χ0) is 22.6. The molecule has 2 N–H and O–H groups in total. The van der Waals surface area contributed by atoms with Gasteiger partial charge < -0.3 is 24.4 Å². The van der Waals surface area contributed by atoms with E-state index in [0.717, 1.165) is 38.3 Å². The van der Waals surface area contributed by atoms with Gasteiger partial charge in [0.1, 0.15) is 11.5 Å². The number of aliphatic hydroxyl groups excluding tert-OH is 1. The number of pyridine rings is 1. The first-order valence-electron chi connectivity index (χ1n) is 11.0. The van der Waals surface area contributed by atoms with Gasteiger partial charge in [-0.15, -0.1) is 0 Å². The molecular weight excluding hydrogens is 424 g/mol. The van der Waals surface area contributed by atoms with Crippen molar-refractivity contribution < 1.29 is 28.5 Å². The molecule has 1 aliphatic carbocycles. The lowest BCUT2D eigenvalue weighted by Gasteiger charge is -2.36. The van der Waals surface area contributed by atoms with Crippen LogP contribution in [0.2, 0.25) is 0 Å². The number of rotatable bonds is 5. The van der Waals surface area contributed by atoms with Crippen LogP contribution in [0, 0.1) is 17.6 Å². The Morgan fingerprint density at radius 1 is 1.22 bits per heavy atom. The highest BCUT2D eigenvalue weighted by atomic mass is 19.1. The summed E-state index contributed by atoms with van der Waals surface area (Å²) in [6, 6.07) is 1.02. The quantitative estimate of drug-likeness (QED) is 0.678. The number of β-amino-alcohol motifs (C(OH)–C–C–N with tert-alkyl or cyclic N) is 1. The lowest BCUT2D eigenvalue weighted by molar-refractivity contribution is 0.100. The molecule has 3 aliphatic rings. The molecule has 3 fully saturated rings. The van der Waals surface area contributed by atoms with Crippen LogP contribution in [0.4, 0.5) is 19.3 Å². The second-order valence-corrected chi connectivity index (χ2v) is 8.88. The number of anilines is 1. The standard InChI is InChI=1S/C22H25F2N3O5/c23-15-8-14-19(27(13-3-4-13)11-17(21(14)29)32-22(30)31)18(24)20(15)26-9-12-2-1-5-25(6-7-28)16(12)10-26/h8,11-13,16,28H,1-7,9-10H2,(H,30,31). The van der Waals surface area contributed by atoms with E-state index < -0.39 is 29.0 Å². The molecule has 0 spiro atoms. The number of piperidine rings is 1. The number of hydrogen-bond acceptors (Lipinski definition) is 6. The molecule has 3 heterocycles. The summed E-state index contributed by atoms with van der Waals surface area (Å²) in [7, 11) is 0. The average molecular weight is 449 g/mol. The summed E-state index contributed by atoms with van der Waals surface area (Å²) in [4.78, 5) is 27.6. The van der Waals surface area contributed by atoms with E-state index in [1.54, 1.807) is 4.90 Å². The van der Waals surface area contributed by atoms with Gasteiger partial charge in [-0.2, -0.15) is 0 Å². The van der Waals surface area contributed by atoms with Crippen molar-refractivity contribution in [3.05, 3.63) is 34.1 Å². The Morgan fingerprint density at radius 2 is 2.00 bits per heavy atom. The van der Waals surface area contributed by atoms with Gasteiger partial charge in [0.2, 0.25) is 5.43 Å². The lowest BCUT2D eigenvalue weighted by atomic mass is 9.92. The van der Waals surface area contributed by atoms with Gasteiger partial charge in [-0.3, -0.25) is 9.69 Å². The van der Waals surface area contributed by atoms with Crippen LogP contribution in [-0.2, 0) is 0 Å². The van der Waals surface area contributed by atoms with Crippen LogP contribution in [0.25, 0.3) is 10.9 Å². The number of carbonyl (C=O) groups is 1. The second kappa shape index (κ2) is 8.00. The smallest absolute Gasteiger partial charge is 0.449 e. The van der Waals surface area contributed by atoms with Gasteiger partial charge in [0, 0.05) is 31.7 Å². The number of hydrogen-bond donors (Lipinski definition) is 2. The fourth-order valence-electron chi connectivity index (χ4n) is 5.37. The van der Waals surface area contributed by atoms with Gasteiger partial charge in [-0.1, -0.05) is 0 Å². The summed E-state index contributed by atoms with van der Waals surface area (Å²) < 4.78 is 37.2. The summed E-state index contributed by atoms with van der Waals surface area (Å²) in [5.74, 6) is -1.87. The number of ether oxygens (including phenoxy) is 1. The van der Waals surface area contributed by atoms with Crippen molar-refractivity contribution in [2.45, 2.75) is 37.8 Å². The maximum atomic E-state index is 15.9. The molecule has 2 saturated heterocycles. The van der Waals surface area contributed by atoms with Crippen molar-refractivity contribution in [1.82, 2.24) is 9.47 Å². The highest BCUT2D eigenvalue weighted by Gasteiger charge is 2.41. The van der Waals surface area contributed by atoms with Gasteiger partial charge in [0.25, 0.3) is 0 Å². The molecule has 32 heavy (non-hydrogen) atoms. The summed E-state index contributed by atoms with van der Waals surface area (Å²) in [5.41, 5.74) is -1.03. The summed E-state index contributed by atoms with van der Waals surface area (Å²) in [5, 5.41) is 18.1. The minimum absolute atomic E-state index is 0.0197. The summed E-state index contributed by atoms with van der Waals surface area (Å²) in [6.07, 6.45) is 3.00. The van der Waals surface area contributed by atoms with E-state index in [1.807, 2.05) is 0 Å². The maximum Gasteiger partial charge on any atom is 0.511 e. The van der Waals surface area contributed by atoms with Gasteiger partial charge in [-0.25, -0.2) is 13.6 Å². The lowest BCUT2D eigenvalue weighted by Crippen LogP contribution is -2.46. The summed E-state index contributed by atoms with van der Waals surface area (Å²) >= 11 is 0. The Labute approximate surface area is 182 Å². The Hall–Kier alpha value is -2.72. The van der Waals surface area contributed by atoms with Crippen LogP contribution < -0.4 is 15.1 Å². The van der Waals surface area contributed by atoms with E-state index in [2.05, 4.69) is 9.64 Å². The van der Waals surface area contributed by atoms with E-state index in [4.69, 9.17) is 5.11 Å². The van der Waals surface area contributed by atoms with E-state index in [1.165, 1.54) is 10.8 Å². The first kappa shape index (κ1) is 21.1. The minimum Gasteiger partial charge on any atom is -0.449 e. The highest BCUT2D eigenvalue weighted by molar-refractivity contribution is 5.86. The number of fused-ring (bicyclic) bond motifs is 2. The maximum absolute atomic E-state index is 15.9. The molecule has 5 rings (SSSR count). The molecule has 2 atom stereocenters. The zero-order valence-corrected chi connectivity index (χ0v) is 17.5. The first-order valence-corrected chi connectivity index (χ1v) is 11.0. The van der Waals surface area contributed by atoms with Crippen molar-refractivity contribution in [3.63, 3.8) is 0 Å². The van der Waals surface area contributed by atoms with Gasteiger partial charge >= 0.3 is 6.16 Å². The largest absolute Gasteiger partial charge is 0.511 e. The summed E-state index contributed by atoms with van der Waals surface area (Å²) in [6.45, 7) is 2.37. The SMILES string of the molecule is O=C(O)Oc1cn(C2CC2)c2c(F)c(N3CC4CCCN(CCO)C4C3)c(F)cc2c1=O. The average Bonchev–Trinajstić information content (AvgIpc) is 3.49. The van der Waals surface area contributed by atoms with Crippen molar-refractivity contribution in [2.75, 3.05) is 37.7 Å². The number of aromatic nitrogens is 1. The molecule has 1 saturated carbocycles. The molecule has 172 valence electrons. The molecule has 1 aromatic carbocycles. The number of halogens is 2. The molecule has 0 bridgehead atoms. The van der Waals surface area contributed by atoms with E-state index in [-0.39, 0.29) is 41.2 Å². The fraction of sp³-hybridized carbons (Fsp3) is 0.545. The monoisotopic (exact) mass is 449 g/mol. The van der Waals surface area contributed by atoms with E-state index in [9.17, 15) is 14.7 Å². The van der Waals surface area contributed by atoms with Crippen LogP contribution >= 0.6 is 0 Å². The first-order chi connectivity index (χ1) is 15.4. The molecule has 2 aromatic rings. The Bertz CT molecular complexity index is 1130. The third-order valence-electron chi connectivity index (χ3n) is 6.89. The molecule has 8 nitrogen and oxygen atoms in total. The molecule has 10 heteroatoms. The number of benzene rings is 1. The van der Waals surface area contributed by atoms with Crippen LogP contribution in [0.5, 0.6) is 5.75 Å². The number of nitrogens with zero attached hydrogens (tertiary/aromatic N) is 3. The third-order valence-corrected chi connectivity index (χ3v) is 6.89. The predicted octanol–water partition coefficient (Wildman–Crippen LogP) is 2.56. The van der Waals surface area contributed by atoms with Gasteiger partial charge in [0.15, 0.2) is 11.6 Å². The molecule has 2 aliphatic heterocycles. The molecule has 0 radical (unpaired) electrons. The van der Waals surface area contributed by atoms with Crippen LogP contribution in [0.1, 0.15) is 31.7 Å². The van der Waals surface area contributed by atoms with E-state index in [0.29, 0.717) is 19.6 Å². The zero-order valence-electron chi connectivity index (χ0n) is 17.5. The topological polar surface area (TPSA) is 95.2 Å². The van der Waals surface area contributed by atoms with Gasteiger partial charge in [-0.05, 0) is 44.2 Å². The normalized spacial score (nSPS) is 23.5. The predicted molar refractivity (Wildman–Crippen MR) is 112 cm³/mol. The van der Waals surface area contributed by atoms with Gasteiger partial charge in [0.05, 0.1) is 23.7 Å². The minimum atomic E-state index is -1.66. The fourth-order valence-corrected chi connectivity index (χ4v) is 5.37. The number of likely N-dealkylation sites (tertiary alicyclic amines) is 1. The number of aliphatic hydroxyl groups is 1. The van der Waals surface area contributed by atoms with Crippen LogP contribution in [0.15, 0.2) is 17.1 Å². The van der Waals surface area contributed by atoms with Crippen LogP contribution in [-0.4, -0.2) is 64.7 Å². The highest BCUT2D eigenvalue weighted by Crippen LogP contribution is 2.42. The van der Waals surface area contributed by atoms with Crippen molar-refractivity contribution in [3.8, 4) is 5.75 Å². The van der Waals surface area contributed by atoms with Crippen molar-refractivity contribution >= 4 is 22.7 Å². The Balaban J connectivity index is 1.60. The molecule has 1 aromatic heterocycles. The second-order valence-electron chi connectivity index (χ2n) is 8.88. The Kier molecular flexibility index (Phi) is 5.29. The van der Waals surface area contributed by atoms with E-state index >= 15 is 8.78 Å². The number of carboxylic acid groups (broad SMARTS) is 1.